The lowest BCUT2D eigenvalue weighted by atomic mass is 9.99. The van der Waals surface area contributed by atoms with Gasteiger partial charge in [-0.3, -0.25) is 4.79 Å². The molecule has 102 valence electrons. The number of amides is 2. The van der Waals surface area contributed by atoms with Gasteiger partial charge in [-0.25, -0.2) is 4.79 Å². The van der Waals surface area contributed by atoms with E-state index in [0.29, 0.717) is 25.9 Å². The molecule has 6 nitrogen and oxygen atoms in total. The second-order valence-corrected chi connectivity index (χ2v) is 4.36. The van der Waals surface area contributed by atoms with Gasteiger partial charge >= 0.3 is 12.0 Å². The highest BCUT2D eigenvalue weighted by Crippen LogP contribution is 2.17. The molecule has 2 N–H and O–H groups in total. The van der Waals surface area contributed by atoms with Gasteiger partial charge in [-0.05, 0) is 12.8 Å². The van der Waals surface area contributed by atoms with Crippen molar-refractivity contribution in [3.63, 3.8) is 0 Å². The predicted molar refractivity (Wildman–Crippen MR) is 66.2 cm³/mol. The number of piperidine rings is 1. The number of aliphatic carboxylic acids is 1. The Hall–Kier alpha value is -1.56. The highest BCUT2D eigenvalue weighted by atomic mass is 16.4. The van der Waals surface area contributed by atoms with E-state index in [9.17, 15) is 9.59 Å². The van der Waals surface area contributed by atoms with Gasteiger partial charge in [0, 0.05) is 26.2 Å². The van der Waals surface area contributed by atoms with E-state index in [-0.39, 0.29) is 25.7 Å². The monoisotopic (exact) mass is 256 g/mol. The molecule has 0 bridgehead atoms. The van der Waals surface area contributed by atoms with Crippen LogP contribution in [0.5, 0.6) is 0 Å². The normalized spacial score (nSPS) is 19.4. The number of carbonyl (C=O) groups excluding carboxylic acids is 1. The number of rotatable bonds is 5. The third kappa shape index (κ3) is 3.73. The van der Waals surface area contributed by atoms with E-state index >= 15 is 0 Å². The quantitative estimate of drug-likeness (QED) is 0.697. The van der Waals surface area contributed by atoms with Crippen molar-refractivity contribution in [3.8, 4) is 0 Å². The first-order chi connectivity index (χ1) is 8.60. The van der Waals surface area contributed by atoms with Crippen LogP contribution >= 0.6 is 0 Å². The summed E-state index contributed by atoms with van der Waals surface area (Å²) in [6.45, 7) is 4.85. The summed E-state index contributed by atoms with van der Waals surface area (Å²) in [6.07, 6.45) is 2.90. The highest BCUT2D eigenvalue weighted by Gasteiger charge is 2.29. The van der Waals surface area contributed by atoms with E-state index in [1.807, 2.05) is 0 Å². The zero-order chi connectivity index (χ0) is 13.5. The van der Waals surface area contributed by atoms with Crippen LogP contribution in [0.4, 0.5) is 4.79 Å². The molecular weight excluding hydrogens is 236 g/mol. The molecule has 1 rings (SSSR count). The average Bonchev–Trinajstić information content (AvgIpc) is 2.38. The van der Waals surface area contributed by atoms with Crippen LogP contribution in [0.3, 0.4) is 0 Å². The summed E-state index contributed by atoms with van der Waals surface area (Å²) >= 11 is 0. The van der Waals surface area contributed by atoms with Crippen LogP contribution in [0.1, 0.15) is 12.8 Å². The minimum atomic E-state index is -0.857. The lowest BCUT2D eigenvalue weighted by molar-refractivity contribution is -0.143. The molecule has 0 spiro atoms. The average molecular weight is 256 g/mol. The number of carboxylic acid groups (broad SMARTS) is 1. The molecule has 1 fully saturated rings. The Bertz CT molecular complexity index is 319. The molecule has 0 aromatic rings. The molecule has 2 amide bonds. The lowest BCUT2D eigenvalue weighted by Crippen LogP contribution is -2.49. The minimum Gasteiger partial charge on any atom is -0.481 e. The van der Waals surface area contributed by atoms with E-state index in [4.69, 9.17) is 10.2 Å². The van der Waals surface area contributed by atoms with E-state index in [1.165, 1.54) is 4.90 Å². The SMILES string of the molecule is C=CCN(CCO)C(=O)N1CCCC(C(=O)O)C1. The number of hydrogen-bond donors (Lipinski definition) is 2. The van der Waals surface area contributed by atoms with Crippen molar-refractivity contribution in [2.45, 2.75) is 12.8 Å². The summed E-state index contributed by atoms with van der Waals surface area (Å²) in [4.78, 5) is 26.1. The maximum absolute atomic E-state index is 12.1. The van der Waals surface area contributed by atoms with Gasteiger partial charge in [-0.15, -0.1) is 6.58 Å². The van der Waals surface area contributed by atoms with Crippen LogP contribution in [0, 0.1) is 5.92 Å². The molecule has 0 aromatic carbocycles. The summed E-state index contributed by atoms with van der Waals surface area (Å²) < 4.78 is 0. The van der Waals surface area contributed by atoms with Crippen LogP contribution in [0.15, 0.2) is 12.7 Å². The fourth-order valence-corrected chi connectivity index (χ4v) is 2.09. The maximum Gasteiger partial charge on any atom is 0.320 e. The molecule has 6 heteroatoms. The van der Waals surface area contributed by atoms with Crippen molar-refractivity contribution in [3.05, 3.63) is 12.7 Å². The molecular formula is C12H20N2O4. The van der Waals surface area contributed by atoms with Crippen LogP contribution < -0.4 is 0 Å². The molecule has 0 aliphatic carbocycles. The van der Waals surface area contributed by atoms with E-state index in [2.05, 4.69) is 6.58 Å². The van der Waals surface area contributed by atoms with E-state index < -0.39 is 11.9 Å². The third-order valence-electron chi connectivity index (χ3n) is 3.03. The molecule has 1 unspecified atom stereocenters. The Morgan fingerprint density at radius 1 is 1.50 bits per heavy atom. The first-order valence-electron chi connectivity index (χ1n) is 6.08. The molecule has 1 saturated heterocycles. The van der Waals surface area contributed by atoms with E-state index in [1.54, 1.807) is 11.0 Å². The second-order valence-electron chi connectivity index (χ2n) is 4.36. The number of nitrogens with zero attached hydrogens (tertiary/aromatic N) is 2. The van der Waals surface area contributed by atoms with Gasteiger partial charge in [0.15, 0.2) is 0 Å². The van der Waals surface area contributed by atoms with Crippen LogP contribution in [0.25, 0.3) is 0 Å². The van der Waals surface area contributed by atoms with Crippen LogP contribution in [0.2, 0.25) is 0 Å². The van der Waals surface area contributed by atoms with Gasteiger partial charge in [0.2, 0.25) is 0 Å². The summed E-state index contributed by atoms with van der Waals surface area (Å²) in [5.41, 5.74) is 0. The summed E-state index contributed by atoms with van der Waals surface area (Å²) in [5, 5.41) is 17.9. The lowest BCUT2D eigenvalue weighted by Gasteiger charge is -2.34. The molecule has 0 radical (unpaired) electrons. The first-order valence-corrected chi connectivity index (χ1v) is 6.08. The van der Waals surface area contributed by atoms with Gasteiger partial charge in [0.05, 0.1) is 12.5 Å². The van der Waals surface area contributed by atoms with Crippen molar-refractivity contribution in [1.29, 1.82) is 0 Å². The second kappa shape index (κ2) is 7.00. The molecule has 0 saturated carbocycles. The minimum absolute atomic E-state index is 0.115. The molecule has 1 aliphatic rings. The predicted octanol–water partition coefficient (Wildman–Crippen LogP) is 0.383. The highest BCUT2D eigenvalue weighted by molar-refractivity contribution is 5.76. The topological polar surface area (TPSA) is 81.1 Å². The summed E-state index contributed by atoms with van der Waals surface area (Å²) in [7, 11) is 0. The first kappa shape index (κ1) is 14.5. The van der Waals surface area contributed by atoms with Crippen molar-refractivity contribution in [1.82, 2.24) is 9.80 Å². The largest absolute Gasteiger partial charge is 0.481 e. The molecule has 0 aromatic heterocycles. The Balaban J connectivity index is 2.63. The zero-order valence-electron chi connectivity index (χ0n) is 10.4. The molecule has 1 heterocycles. The Kier molecular flexibility index (Phi) is 5.64. The third-order valence-corrected chi connectivity index (χ3v) is 3.03. The van der Waals surface area contributed by atoms with Gasteiger partial charge in [0.1, 0.15) is 0 Å². The summed E-state index contributed by atoms with van der Waals surface area (Å²) in [5.74, 6) is -1.34. The number of carboxylic acids is 1. The number of hydrogen-bond acceptors (Lipinski definition) is 3. The van der Waals surface area contributed by atoms with Crippen LogP contribution in [-0.2, 0) is 4.79 Å². The van der Waals surface area contributed by atoms with Crippen LogP contribution in [-0.4, -0.2) is 64.8 Å². The number of urea groups is 1. The molecule has 1 aliphatic heterocycles. The number of aliphatic hydroxyl groups is 1. The van der Waals surface area contributed by atoms with Gasteiger partial charge in [-0.1, -0.05) is 6.08 Å². The standard InChI is InChI=1S/C12H20N2O4/c1-2-5-13(7-8-15)12(18)14-6-3-4-10(9-14)11(16)17/h2,10,15H,1,3-9H2,(H,16,17). The van der Waals surface area contributed by atoms with Crippen molar-refractivity contribution in [2.75, 3.05) is 32.8 Å². The molecule has 1 atom stereocenters. The van der Waals surface area contributed by atoms with Crippen molar-refractivity contribution >= 4 is 12.0 Å². The fourth-order valence-electron chi connectivity index (χ4n) is 2.09. The van der Waals surface area contributed by atoms with Gasteiger partial charge < -0.3 is 20.0 Å². The molecule has 18 heavy (non-hydrogen) atoms. The number of aliphatic hydroxyl groups excluding tert-OH is 1. The Morgan fingerprint density at radius 3 is 2.78 bits per heavy atom. The smallest absolute Gasteiger partial charge is 0.320 e. The number of carbonyl (C=O) groups is 2. The Labute approximate surface area is 106 Å². The Morgan fingerprint density at radius 2 is 2.22 bits per heavy atom. The number of likely N-dealkylation sites (tertiary alicyclic amines) is 1. The summed E-state index contributed by atoms with van der Waals surface area (Å²) in [6, 6.07) is -0.227. The van der Waals surface area contributed by atoms with Crippen molar-refractivity contribution < 1.29 is 19.8 Å². The zero-order valence-corrected chi connectivity index (χ0v) is 10.4. The fraction of sp³-hybridized carbons (Fsp3) is 0.667. The van der Waals surface area contributed by atoms with Gasteiger partial charge in [0.25, 0.3) is 0 Å². The van der Waals surface area contributed by atoms with E-state index in [0.717, 1.165) is 0 Å². The maximum atomic E-state index is 12.1. The van der Waals surface area contributed by atoms with Crippen molar-refractivity contribution in [2.24, 2.45) is 5.92 Å². The van der Waals surface area contributed by atoms with Gasteiger partial charge in [-0.2, -0.15) is 0 Å².